The topological polar surface area (TPSA) is 84.4 Å². The van der Waals surface area contributed by atoms with Crippen molar-refractivity contribution in [3.8, 4) is 0 Å². The molecule has 0 saturated heterocycles. The van der Waals surface area contributed by atoms with Gasteiger partial charge in [0.1, 0.15) is 5.49 Å². The third-order valence-electron chi connectivity index (χ3n) is 4.21. The highest BCUT2D eigenvalue weighted by molar-refractivity contribution is 5.97. The Balaban J connectivity index is 2.08. The summed E-state index contributed by atoms with van der Waals surface area (Å²) < 4.78 is 1.93. The predicted octanol–water partition coefficient (Wildman–Crippen LogP) is 1.09. The summed E-state index contributed by atoms with van der Waals surface area (Å²) in [5, 5.41) is 0. The van der Waals surface area contributed by atoms with E-state index in [-0.39, 0.29) is 11.9 Å². The molecule has 0 bridgehead atoms. The molecule has 1 aromatic carbocycles. The van der Waals surface area contributed by atoms with Gasteiger partial charge in [0, 0.05) is 31.0 Å². The Morgan fingerprint density at radius 3 is 2.88 bits per heavy atom. The number of aromatic nitrogens is 1. The maximum Gasteiger partial charge on any atom is 0.265 e. The van der Waals surface area contributed by atoms with Gasteiger partial charge in [-0.2, -0.15) is 0 Å². The SMILES string of the molecule is C=C(c1ccc2c(c1)C(CN)NNC2=O)n1ccc(C)cc1=NC. The molecule has 1 unspecified atom stereocenters. The van der Waals surface area contributed by atoms with E-state index < -0.39 is 0 Å². The van der Waals surface area contributed by atoms with Crippen molar-refractivity contribution < 1.29 is 4.79 Å². The molecular formula is C18H21N5O. The van der Waals surface area contributed by atoms with Crippen molar-refractivity contribution in [1.82, 2.24) is 15.4 Å². The van der Waals surface area contributed by atoms with E-state index in [1.807, 2.05) is 48.0 Å². The molecule has 2 heterocycles. The molecule has 1 aromatic heterocycles. The van der Waals surface area contributed by atoms with E-state index in [2.05, 4.69) is 22.4 Å². The first kappa shape index (κ1) is 16.2. The minimum atomic E-state index is -0.154. The van der Waals surface area contributed by atoms with Gasteiger partial charge in [0.05, 0.1) is 6.04 Å². The van der Waals surface area contributed by atoms with Gasteiger partial charge in [-0.15, -0.1) is 0 Å². The Morgan fingerprint density at radius 1 is 1.38 bits per heavy atom. The second-order valence-electron chi connectivity index (χ2n) is 5.79. The highest BCUT2D eigenvalue weighted by Crippen LogP contribution is 2.25. The fourth-order valence-corrected chi connectivity index (χ4v) is 2.85. The van der Waals surface area contributed by atoms with Crippen LogP contribution in [0.2, 0.25) is 0 Å². The van der Waals surface area contributed by atoms with Gasteiger partial charge < -0.3 is 10.3 Å². The number of nitrogens with one attached hydrogen (secondary N) is 2. The molecule has 4 N–H and O–H groups in total. The van der Waals surface area contributed by atoms with Crippen LogP contribution in [0.1, 0.15) is 33.1 Å². The number of hydrogen-bond donors (Lipinski definition) is 3. The van der Waals surface area contributed by atoms with Crippen LogP contribution in [0, 0.1) is 6.92 Å². The quantitative estimate of drug-likeness (QED) is 0.790. The summed E-state index contributed by atoms with van der Waals surface area (Å²) in [7, 11) is 1.75. The second kappa shape index (κ2) is 6.43. The average Bonchev–Trinajstić information content (AvgIpc) is 2.61. The number of pyridine rings is 1. The summed E-state index contributed by atoms with van der Waals surface area (Å²) in [5.41, 5.74) is 16.5. The van der Waals surface area contributed by atoms with Crippen LogP contribution in [0.15, 0.2) is 48.1 Å². The number of aryl methyl sites for hydroxylation is 1. The fraction of sp³-hybridized carbons (Fsp3) is 0.222. The molecule has 6 nitrogen and oxygen atoms in total. The second-order valence-corrected chi connectivity index (χ2v) is 5.79. The molecule has 2 aromatic rings. The molecule has 0 saturated carbocycles. The molecular weight excluding hydrogens is 302 g/mol. The molecule has 3 rings (SSSR count). The van der Waals surface area contributed by atoms with Crippen molar-refractivity contribution in [1.29, 1.82) is 0 Å². The minimum absolute atomic E-state index is 0.121. The Kier molecular flexibility index (Phi) is 4.33. The van der Waals surface area contributed by atoms with Crippen LogP contribution in [0.3, 0.4) is 0 Å². The van der Waals surface area contributed by atoms with Crippen LogP contribution < -0.4 is 22.1 Å². The summed E-state index contributed by atoms with van der Waals surface area (Å²) in [5.74, 6) is -0.154. The standard InChI is InChI=1S/C18H21N5O/c1-11-6-7-23(17(8-11)20-3)12(2)13-4-5-14-15(9-13)16(10-19)21-22-18(14)24/h4-9,16,21H,2,10,19H2,1,3H3,(H,22,24). The van der Waals surface area contributed by atoms with Crippen molar-refractivity contribution in [3.05, 3.63) is 70.8 Å². The lowest BCUT2D eigenvalue weighted by atomic mass is 9.95. The van der Waals surface area contributed by atoms with Crippen molar-refractivity contribution in [2.45, 2.75) is 13.0 Å². The third-order valence-corrected chi connectivity index (χ3v) is 4.21. The number of amides is 1. The van der Waals surface area contributed by atoms with Crippen molar-refractivity contribution >= 4 is 11.6 Å². The summed E-state index contributed by atoms with van der Waals surface area (Å²) >= 11 is 0. The van der Waals surface area contributed by atoms with E-state index in [0.717, 1.165) is 27.9 Å². The molecule has 6 heteroatoms. The van der Waals surface area contributed by atoms with Gasteiger partial charge in [-0.25, -0.2) is 5.43 Å². The number of nitrogens with zero attached hydrogens (tertiary/aromatic N) is 2. The minimum Gasteiger partial charge on any atom is -0.329 e. The van der Waals surface area contributed by atoms with Crippen molar-refractivity contribution in [2.75, 3.05) is 13.6 Å². The summed E-state index contributed by atoms with van der Waals surface area (Å²) in [6, 6.07) is 9.56. The third kappa shape index (κ3) is 2.77. The summed E-state index contributed by atoms with van der Waals surface area (Å²) in [6.45, 7) is 6.61. The number of fused-ring (bicyclic) bond motifs is 1. The van der Waals surface area contributed by atoms with Crippen LogP contribution in [-0.4, -0.2) is 24.1 Å². The first-order valence-electron chi connectivity index (χ1n) is 7.77. The van der Waals surface area contributed by atoms with E-state index >= 15 is 0 Å². The van der Waals surface area contributed by atoms with Crippen LogP contribution in [0.4, 0.5) is 0 Å². The predicted molar refractivity (Wildman–Crippen MR) is 93.9 cm³/mol. The number of carbonyl (C=O) groups is 1. The first-order chi connectivity index (χ1) is 11.5. The van der Waals surface area contributed by atoms with Gasteiger partial charge >= 0.3 is 0 Å². The van der Waals surface area contributed by atoms with Gasteiger partial charge in [-0.1, -0.05) is 12.6 Å². The van der Waals surface area contributed by atoms with E-state index in [0.29, 0.717) is 12.1 Å². The molecule has 0 fully saturated rings. The van der Waals surface area contributed by atoms with E-state index in [4.69, 9.17) is 5.73 Å². The number of hydrazine groups is 1. The van der Waals surface area contributed by atoms with Gasteiger partial charge in [0.15, 0.2) is 0 Å². The van der Waals surface area contributed by atoms with E-state index in [1.54, 1.807) is 7.05 Å². The fourth-order valence-electron chi connectivity index (χ4n) is 2.85. The molecule has 0 radical (unpaired) electrons. The highest BCUT2D eigenvalue weighted by Gasteiger charge is 2.24. The lowest BCUT2D eigenvalue weighted by Gasteiger charge is -2.26. The molecule has 0 spiro atoms. The lowest BCUT2D eigenvalue weighted by molar-refractivity contribution is 0.0909. The molecule has 1 amide bonds. The Morgan fingerprint density at radius 2 is 2.17 bits per heavy atom. The smallest absolute Gasteiger partial charge is 0.265 e. The zero-order valence-electron chi connectivity index (χ0n) is 13.8. The van der Waals surface area contributed by atoms with Crippen LogP contribution in [-0.2, 0) is 0 Å². The number of benzene rings is 1. The average molecular weight is 323 g/mol. The maximum atomic E-state index is 12.0. The lowest BCUT2D eigenvalue weighted by Crippen LogP contribution is -2.47. The van der Waals surface area contributed by atoms with E-state index in [1.165, 1.54) is 0 Å². The largest absolute Gasteiger partial charge is 0.329 e. The Labute approximate surface area is 140 Å². The number of rotatable bonds is 3. The van der Waals surface area contributed by atoms with Crippen molar-refractivity contribution in [2.24, 2.45) is 10.7 Å². The number of nitrogens with two attached hydrogens (primary N) is 1. The molecule has 1 aliphatic rings. The number of hydrogen-bond acceptors (Lipinski definition) is 4. The maximum absolute atomic E-state index is 12.0. The summed E-state index contributed by atoms with van der Waals surface area (Å²) in [6.07, 6.45) is 1.95. The summed E-state index contributed by atoms with van der Waals surface area (Å²) in [4.78, 5) is 16.3. The van der Waals surface area contributed by atoms with Crippen LogP contribution in [0.25, 0.3) is 5.70 Å². The molecule has 1 aliphatic heterocycles. The van der Waals surface area contributed by atoms with Crippen LogP contribution in [0.5, 0.6) is 0 Å². The normalized spacial score (nSPS) is 17.4. The molecule has 0 aliphatic carbocycles. The highest BCUT2D eigenvalue weighted by atomic mass is 16.2. The Bertz CT molecular complexity index is 881. The van der Waals surface area contributed by atoms with Crippen LogP contribution >= 0.6 is 0 Å². The zero-order valence-corrected chi connectivity index (χ0v) is 13.8. The van der Waals surface area contributed by atoms with Gasteiger partial charge in [0.2, 0.25) is 0 Å². The van der Waals surface area contributed by atoms with Gasteiger partial charge in [0.25, 0.3) is 5.91 Å². The first-order valence-corrected chi connectivity index (χ1v) is 7.77. The van der Waals surface area contributed by atoms with Gasteiger partial charge in [-0.3, -0.25) is 15.2 Å². The monoisotopic (exact) mass is 323 g/mol. The molecule has 1 atom stereocenters. The van der Waals surface area contributed by atoms with Crippen molar-refractivity contribution in [3.63, 3.8) is 0 Å². The van der Waals surface area contributed by atoms with Gasteiger partial charge in [-0.05, 0) is 47.9 Å². The Hall–Kier alpha value is -2.70. The molecule has 124 valence electrons. The zero-order chi connectivity index (χ0) is 17.3. The molecule has 24 heavy (non-hydrogen) atoms. The van der Waals surface area contributed by atoms with E-state index in [9.17, 15) is 4.79 Å². The number of carbonyl (C=O) groups excluding carboxylic acids is 1.